The summed E-state index contributed by atoms with van der Waals surface area (Å²) in [6.45, 7) is 5.22. The van der Waals surface area contributed by atoms with E-state index in [-0.39, 0.29) is 24.0 Å². The van der Waals surface area contributed by atoms with E-state index in [2.05, 4.69) is 71.3 Å². The lowest BCUT2D eigenvalue weighted by molar-refractivity contribution is 0.0929. The predicted molar refractivity (Wildman–Crippen MR) is 119 cm³/mol. The number of aryl methyl sites for hydroxylation is 1. The SMILES string of the molecule is CN=C(NCC(C)COCc1ccccc1)N(C)Cc1cccn1C.I. The van der Waals surface area contributed by atoms with Gasteiger partial charge in [-0.15, -0.1) is 24.0 Å². The normalized spacial score (nSPS) is 12.4. The second kappa shape index (κ2) is 12.0. The molecule has 1 aromatic heterocycles. The van der Waals surface area contributed by atoms with Crippen molar-refractivity contribution in [2.45, 2.75) is 20.1 Å². The second-order valence-electron chi connectivity index (χ2n) is 6.50. The lowest BCUT2D eigenvalue weighted by atomic mass is 10.2. The Morgan fingerprint density at radius 2 is 1.96 bits per heavy atom. The smallest absolute Gasteiger partial charge is 0.193 e. The second-order valence-corrected chi connectivity index (χ2v) is 6.50. The molecule has 0 aliphatic rings. The van der Waals surface area contributed by atoms with Crippen LogP contribution in [0.25, 0.3) is 0 Å². The van der Waals surface area contributed by atoms with Crippen molar-refractivity contribution >= 4 is 29.9 Å². The third-order valence-corrected chi connectivity index (χ3v) is 4.15. The molecule has 0 amide bonds. The molecule has 0 fully saturated rings. The summed E-state index contributed by atoms with van der Waals surface area (Å²) >= 11 is 0. The van der Waals surface area contributed by atoms with E-state index >= 15 is 0 Å². The van der Waals surface area contributed by atoms with Crippen molar-refractivity contribution in [3.05, 3.63) is 59.9 Å². The van der Waals surface area contributed by atoms with Crippen molar-refractivity contribution in [2.24, 2.45) is 18.0 Å². The summed E-state index contributed by atoms with van der Waals surface area (Å²) in [7, 11) is 5.94. The first-order chi connectivity index (χ1) is 12.1. The molecule has 0 bridgehead atoms. The molecule has 1 N–H and O–H groups in total. The Kier molecular flexibility index (Phi) is 10.3. The molecule has 5 nitrogen and oxygen atoms in total. The van der Waals surface area contributed by atoms with Gasteiger partial charge in [0.25, 0.3) is 0 Å². The van der Waals surface area contributed by atoms with Crippen LogP contribution in [-0.2, 0) is 24.9 Å². The maximum absolute atomic E-state index is 5.81. The van der Waals surface area contributed by atoms with Gasteiger partial charge in [-0.05, 0) is 23.6 Å². The number of ether oxygens (including phenoxy) is 1. The van der Waals surface area contributed by atoms with Crippen LogP contribution in [-0.4, -0.2) is 42.7 Å². The van der Waals surface area contributed by atoms with Gasteiger partial charge in [-0.2, -0.15) is 0 Å². The van der Waals surface area contributed by atoms with Gasteiger partial charge >= 0.3 is 0 Å². The molecule has 144 valence electrons. The van der Waals surface area contributed by atoms with Crippen LogP contribution < -0.4 is 5.32 Å². The largest absolute Gasteiger partial charge is 0.376 e. The Bertz CT molecular complexity index is 657. The third-order valence-electron chi connectivity index (χ3n) is 4.15. The van der Waals surface area contributed by atoms with E-state index in [1.807, 2.05) is 25.2 Å². The van der Waals surface area contributed by atoms with Gasteiger partial charge in [-0.1, -0.05) is 37.3 Å². The van der Waals surface area contributed by atoms with Crippen molar-refractivity contribution in [2.75, 3.05) is 27.2 Å². The van der Waals surface area contributed by atoms with E-state index in [0.29, 0.717) is 12.5 Å². The zero-order chi connectivity index (χ0) is 18.1. The van der Waals surface area contributed by atoms with Crippen LogP contribution in [0.15, 0.2) is 53.7 Å². The number of aromatic nitrogens is 1. The van der Waals surface area contributed by atoms with E-state index < -0.39 is 0 Å². The van der Waals surface area contributed by atoms with E-state index in [0.717, 1.165) is 25.7 Å². The molecule has 0 saturated carbocycles. The number of benzene rings is 1. The first-order valence-electron chi connectivity index (χ1n) is 8.73. The number of rotatable bonds is 8. The number of aliphatic imine (C=N–C) groups is 1. The molecule has 1 aromatic carbocycles. The van der Waals surface area contributed by atoms with Gasteiger partial charge in [0.05, 0.1) is 19.8 Å². The monoisotopic (exact) mass is 470 g/mol. The van der Waals surface area contributed by atoms with Crippen molar-refractivity contribution in [1.29, 1.82) is 0 Å². The van der Waals surface area contributed by atoms with Gasteiger partial charge in [0, 0.05) is 39.6 Å². The molecule has 0 radical (unpaired) electrons. The van der Waals surface area contributed by atoms with Gasteiger partial charge in [0.2, 0.25) is 0 Å². The minimum Gasteiger partial charge on any atom is -0.376 e. The standard InChI is InChI=1S/C20H30N4O.HI/c1-17(15-25-16-18-9-6-5-7-10-18)13-22-20(21-2)24(4)14-19-11-8-12-23(19)3;/h5-12,17H,13-16H2,1-4H3,(H,21,22);1H. The highest BCUT2D eigenvalue weighted by molar-refractivity contribution is 14.0. The molecule has 0 spiro atoms. The molecule has 2 rings (SSSR count). The molecule has 0 aliphatic carbocycles. The van der Waals surface area contributed by atoms with Crippen LogP contribution in [0.3, 0.4) is 0 Å². The van der Waals surface area contributed by atoms with E-state index in [9.17, 15) is 0 Å². The quantitative estimate of drug-likeness (QED) is 0.365. The zero-order valence-electron chi connectivity index (χ0n) is 16.2. The topological polar surface area (TPSA) is 41.8 Å². The summed E-state index contributed by atoms with van der Waals surface area (Å²) in [5.74, 6) is 1.31. The Morgan fingerprint density at radius 3 is 2.58 bits per heavy atom. The molecule has 26 heavy (non-hydrogen) atoms. The first-order valence-corrected chi connectivity index (χ1v) is 8.73. The maximum Gasteiger partial charge on any atom is 0.193 e. The predicted octanol–water partition coefficient (Wildman–Crippen LogP) is 3.50. The van der Waals surface area contributed by atoms with Crippen LogP contribution in [0, 0.1) is 5.92 Å². The molecular formula is C20H31IN4O. The summed E-state index contributed by atoms with van der Waals surface area (Å²) in [5.41, 5.74) is 2.46. The van der Waals surface area contributed by atoms with Gasteiger partial charge in [0.1, 0.15) is 0 Å². The Morgan fingerprint density at radius 1 is 1.23 bits per heavy atom. The summed E-state index contributed by atoms with van der Waals surface area (Å²) in [6.07, 6.45) is 2.06. The van der Waals surface area contributed by atoms with E-state index in [4.69, 9.17) is 4.74 Å². The van der Waals surface area contributed by atoms with Crippen LogP contribution >= 0.6 is 24.0 Å². The molecule has 0 saturated heterocycles. The van der Waals surface area contributed by atoms with Crippen LogP contribution in [0.4, 0.5) is 0 Å². The Hall–Kier alpha value is -1.54. The minimum absolute atomic E-state index is 0. The fourth-order valence-corrected chi connectivity index (χ4v) is 2.64. The van der Waals surface area contributed by atoms with Crippen LogP contribution in [0.1, 0.15) is 18.2 Å². The summed E-state index contributed by atoms with van der Waals surface area (Å²) in [5, 5.41) is 3.44. The minimum atomic E-state index is 0. The number of hydrogen-bond donors (Lipinski definition) is 1. The fourth-order valence-electron chi connectivity index (χ4n) is 2.64. The number of nitrogens with zero attached hydrogens (tertiary/aromatic N) is 3. The average Bonchev–Trinajstić information content (AvgIpc) is 3.01. The van der Waals surface area contributed by atoms with Crippen molar-refractivity contribution in [3.63, 3.8) is 0 Å². The highest BCUT2D eigenvalue weighted by Gasteiger charge is 2.10. The van der Waals surface area contributed by atoms with Crippen LogP contribution in [0.5, 0.6) is 0 Å². The molecule has 1 atom stereocenters. The highest BCUT2D eigenvalue weighted by atomic mass is 127. The van der Waals surface area contributed by atoms with Gasteiger partial charge in [-0.25, -0.2) is 0 Å². The molecular weight excluding hydrogens is 439 g/mol. The maximum atomic E-state index is 5.81. The molecule has 1 heterocycles. The van der Waals surface area contributed by atoms with Crippen LogP contribution in [0.2, 0.25) is 0 Å². The van der Waals surface area contributed by atoms with Crippen molar-refractivity contribution in [1.82, 2.24) is 14.8 Å². The van der Waals surface area contributed by atoms with Gasteiger partial charge < -0.3 is 19.5 Å². The average molecular weight is 470 g/mol. The summed E-state index contributed by atoms with van der Waals surface area (Å²) < 4.78 is 7.94. The van der Waals surface area contributed by atoms with Crippen molar-refractivity contribution in [3.8, 4) is 0 Å². The first kappa shape index (κ1) is 22.5. The molecule has 2 aromatic rings. The third kappa shape index (κ3) is 7.37. The summed E-state index contributed by atoms with van der Waals surface area (Å²) in [6, 6.07) is 14.5. The van der Waals surface area contributed by atoms with Gasteiger partial charge in [-0.3, -0.25) is 4.99 Å². The zero-order valence-corrected chi connectivity index (χ0v) is 18.5. The highest BCUT2D eigenvalue weighted by Crippen LogP contribution is 2.05. The lowest BCUT2D eigenvalue weighted by Gasteiger charge is -2.24. The van der Waals surface area contributed by atoms with E-state index in [1.54, 1.807) is 0 Å². The molecule has 0 aliphatic heterocycles. The lowest BCUT2D eigenvalue weighted by Crippen LogP contribution is -2.41. The Labute approximate surface area is 174 Å². The van der Waals surface area contributed by atoms with E-state index in [1.165, 1.54) is 11.3 Å². The molecule has 1 unspecified atom stereocenters. The number of hydrogen-bond acceptors (Lipinski definition) is 2. The van der Waals surface area contributed by atoms with Crippen molar-refractivity contribution < 1.29 is 4.74 Å². The summed E-state index contributed by atoms with van der Waals surface area (Å²) in [4.78, 5) is 6.51. The number of nitrogens with one attached hydrogen (secondary N) is 1. The Balaban J connectivity index is 0.00000338. The number of guanidine groups is 1. The fraction of sp³-hybridized carbons (Fsp3) is 0.450. The number of halogens is 1. The van der Waals surface area contributed by atoms with Gasteiger partial charge in [0.15, 0.2) is 5.96 Å². The molecule has 6 heteroatoms.